The number of nitrogens with zero attached hydrogens (tertiary/aromatic N) is 1. The van der Waals surface area contributed by atoms with Gasteiger partial charge in [0.25, 0.3) is 0 Å². The third-order valence-electron chi connectivity index (χ3n) is 10.5. The summed E-state index contributed by atoms with van der Waals surface area (Å²) in [4.78, 5) is 2.42. The molecule has 54 heavy (non-hydrogen) atoms. The van der Waals surface area contributed by atoms with E-state index in [0.29, 0.717) is 0 Å². The van der Waals surface area contributed by atoms with Crippen LogP contribution in [0.1, 0.15) is 0 Å². The fourth-order valence-corrected chi connectivity index (χ4v) is 8.95. The highest BCUT2D eigenvalue weighted by molar-refractivity contribution is 7.25. The lowest BCUT2D eigenvalue weighted by atomic mass is 9.97. The van der Waals surface area contributed by atoms with Gasteiger partial charge in [0.05, 0.1) is 5.69 Å². The van der Waals surface area contributed by atoms with E-state index >= 15 is 0 Å². The second-order valence-corrected chi connectivity index (χ2v) is 14.8. The van der Waals surface area contributed by atoms with Crippen molar-refractivity contribution in [1.82, 2.24) is 0 Å². The highest BCUT2D eigenvalue weighted by Gasteiger charge is 2.19. The van der Waals surface area contributed by atoms with Crippen molar-refractivity contribution < 1.29 is 0 Å². The molecule has 0 N–H and O–H groups in total. The monoisotopic (exact) mass is 705 g/mol. The Hall–Kier alpha value is -6.74. The summed E-state index contributed by atoms with van der Waals surface area (Å²) in [6.45, 7) is 0. The van der Waals surface area contributed by atoms with E-state index in [1.165, 1.54) is 75.5 Å². The van der Waals surface area contributed by atoms with Gasteiger partial charge in [-0.05, 0) is 98.2 Å². The van der Waals surface area contributed by atoms with Gasteiger partial charge in [-0.15, -0.1) is 11.3 Å². The molecule has 0 spiro atoms. The van der Waals surface area contributed by atoms with Crippen LogP contribution in [0.5, 0.6) is 0 Å². The van der Waals surface area contributed by atoms with Crippen LogP contribution in [0.15, 0.2) is 212 Å². The SMILES string of the molecule is c1ccc(-c2ccc(-c3ccc(N(c4cccc(-c5cccc6sc7ccccc7c56)c4)c4ccccc4-c4ccc5ccccc5c4)cc3)cc2)cc1. The van der Waals surface area contributed by atoms with Gasteiger partial charge in [0, 0.05) is 37.1 Å². The van der Waals surface area contributed by atoms with Gasteiger partial charge in [0.2, 0.25) is 0 Å². The van der Waals surface area contributed by atoms with E-state index in [9.17, 15) is 0 Å². The fourth-order valence-electron chi connectivity index (χ4n) is 7.81. The summed E-state index contributed by atoms with van der Waals surface area (Å²) in [5.41, 5.74) is 13.0. The number of thiophene rings is 1. The second kappa shape index (κ2) is 13.7. The number of anilines is 3. The molecule has 0 unspecified atom stereocenters. The number of hydrogen-bond donors (Lipinski definition) is 0. The van der Waals surface area contributed by atoms with Crippen molar-refractivity contribution in [1.29, 1.82) is 0 Å². The van der Waals surface area contributed by atoms with Gasteiger partial charge in [-0.1, -0.05) is 164 Å². The molecule has 2 heteroatoms. The summed E-state index contributed by atoms with van der Waals surface area (Å²) in [7, 11) is 0. The first-order chi connectivity index (χ1) is 26.8. The Bertz CT molecular complexity index is 2920. The standard InChI is InChI=1S/C52H35NS/c1-2-12-36(13-3-1)38-24-26-39(27-25-38)40-30-32-44(33-31-40)53(49-21-8-6-18-46(49)43-29-28-37-14-4-5-15-41(37)34-43)45-17-10-16-42(35-45)47-20-11-23-51-52(47)48-19-7-9-22-50(48)54-51/h1-35H. The average Bonchev–Trinajstić information content (AvgIpc) is 3.64. The summed E-state index contributed by atoms with van der Waals surface area (Å²) >= 11 is 1.86. The molecule has 0 aliphatic rings. The predicted molar refractivity (Wildman–Crippen MR) is 233 cm³/mol. The summed E-state index contributed by atoms with van der Waals surface area (Å²) in [6, 6.07) is 77.2. The molecule has 1 nitrogen and oxygen atoms in total. The van der Waals surface area contributed by atoms with E-state index in [1.54, 1.807) is 0 Å². The maximum atomic E-state index is 2.42. The van der Waals surface area contributed by atoms with Crippen LogP contribution >= 0.6 is 11.3 Å². The first-order valence-corrected chi connectivity index (χ1v) is 19.2. The summed E-state index contributed by atoms with van der Waals surface area (Å²) in [6.07, 6.45) is 0. The number of para-hydroxylation sites is 1. The average molecular weight is 706 g/mol. The van der Waals surface area contributed by atoms with E-state index in [4.69, 9.17) is 0 Å². The highest BCUT2D eigenvalue weighted by atomic mass is 32.1. The van der Waals surface area contributed by atoms with Crippen LogP contribution in [0.2, 0.25) is 0 Å². The summed E-state index contributed by atoms with van der Waals surface area (Å²) in [5, 5.41) is 5.10. The number of benzene rings is 9. The van der Waals surface area contributed by atoms with Crippen molar-refractivity contribution in [3.8, 4) is 44.5 Å². The van der Waals surface area contributed by atoms with E-state index in [0.717, 1.165) is 17.1 Å². The number of hydrogen-bond acceptors (Lipinski definition) is 2. The highest BCUT2D eigenvalue weighted by Crippen LogP contribution is 2.45. The molecule has 1 aromatic heterocycles. The lowest BCUT2D eigenvalue weighted by Crippen LogP contribution is -2.11. The normalized spacial score (nSPS) is 11.3. The molecule has 0 saturated heterocycles. The molecular formula is C52H35NS. The number of fused-ring (bicyclic) bond motifs is 4. The Balaban J connectivity index is 1.11. The first kappa shape index (κ1) is 32.0. The lowest BCUT2D eigenvalue weighted by molar-refractivity contribution is 1.28. The van der Waals surface area contributed by atoms with Gasteiger partial charge in [-0.2, -0.15) is 0 Å². The molecule has 254 valence electrons. The molecule has 9 aromatic carbocycles. The zero-order valence-corrected chi connectivity index (χ0v) is 30.4. The Morgan fingerprint density at radius 3 is 1.69 bits per heavy atom. The predicted octanol–water partition coefficient (Wildman–Crippen LogP) is 15.3. The first-order valence-electron chi connectivity index (χ1n) is 18.4. The molecule has 0 saturated carbocycles. The van der Waals surface area contributed by atoms with Gasteiger partial charge < -0.3 is 4.90 Å². The van der Waals surface area contributed by atoms with E-state index < -0.39 is 0 Å². The van der Waals surface area contributed by atoms with Crippen LogP contribution in [0.3, 0.4) is 0 Å². The topological polar surface area (TPSA) is 3.24 Å². The maximum Gasteiger partial charge on any atom is 0.0540 e. The third-order valence-corrected chi connectivity index (χ3v) is 11.6. The molecule has 0 fully saturated rings. The van der Waals surface area contributed by atoms with E-state index in [2.05, 4.69) is 217 Å². The van der Waals surface area contributed by atoms with Crippen molar-refractivity contribution in [2.75, 3.05) is 4.90 Å². The van der Waals surface area contributed by atoms with Crippen LogP contribution in [-0.4, -0.2) is 0 Å². The Kier molecular flexibility index (Phi) is 8.09. The minimum absolute atomic E-state index is 1.10. The van der Waals surface area contributed by atoms with Gasteiger partial charge in [0.15, 0.2) is 0 Å². The lowest BCUT2D eigenvalue weighted by Gasteiger charge is -2.28. The second-order valence-electron chi connectivity index (χ2n) is 13.7. The van der Waals surface area contributed by atoms with Crippen LogP contribution in [0, 0.1) is 0 Å². The Morgan fingerprint density at radius 2 is 0.870 bits per heavy atom. The molecular weight excluding hydrogens is 671 g/mol. The van der Waals surface area contributed by atoms with Crippen molar-refractivity contribution in [3.63, 3.8) is 0 Å². The van der Waals surface area contributed by atoms with Crippen molar-refractivity contribution in [3.05, 3.63) is 212 Å². The van der Waals surface area contributed by atoms with Crippen LogP contribution < -0.4 is 4.90 Å². The van der Waals surface area contributed by atoms with Crippen LogP contribution in [0.25, 0.3) is 75.5 Å². The quantitative estimate of drug-likeness (QED) is 0.160. The Morgan fingerprint density at radius 1 is 0.315 bits per heavy atom. The maximum absolute atomic E-state index is 2.42. The molecule has 0 bridgehead atoms. The minimum atomic E-state index is 1.10. The number of rotatable bonds is 7. The van der Waals surface area contributed by atoms with E-state index in [-0.39, 0.29) is 0 Å². The van der Waals surface area contributed by atoms with Gasteiger partial charge in [-0.25, -0.2) is 0 Å². The van der Waals surface area contributed by atoms with Gasteiger partial charge in [-0.3, -0.25) is 0 Å². The zero-order valence-electron chi connectivity index (χ0n) is 29.6. The van der Waals surface area contributed by atoms with Crippen molar-refractivity contribution >= 4 is 59.3 Å². The molecule has 0 aliphatic heterocycles. The molecule has 1 heterocycles. The molecule has 10 aromatic rings. The molecule has 0 atom stereocenters. The van der Waals surface area contributed by atoms with Crippen LogP contribution in [0.4, 0.5) is 17.1 Å². The van der Waals surface area contributed by atoms with E-state index in [1.807, 2.05) is 11.3 Å². The molecule has 10 rings (SSSR count). The summed E-state index contributed by atoms with van der Waals surface area (Å²) in [5.74, 6) is 0. The smallest absolute Gasteiger partial charge is 0.0540 e. The van der Waals surface area contributed by atoms with Crippen molar-refractivity contribution in [2.24, 2.45) is 0 Å². The third kappa shape index (κ3) is 5.84. The molecule has 0 aliphatic carbocycles. The minimum Gasteiger partial charge on any atom is -0.310 e. The van der Waals surface area contributed by atoms with Crippen LogP contribution in [-0.2, 0) is 0 Å². The van der Waals surface area contributed by atoms with Crippen molar-refractivity contribution in [2.45, 2.75) is 0 Å². The largest absolute Gasteiger partial charge is 0.310 e. The Labute approximate surface area is 319 Å². The zero-order chi connectivity index (χ0) is 35.8. The molecule has 0 radical (unpaired) electrons. The van der Waals surface area contributed by atoms with Gasteiger partial charge >= 0.3 is 0 Å². The summed E-state index contributed by atoms with van der Waals surface area (Å²) < 4.78 is 2.63. The van der Waals surface area contributed by atoms with Gasteiger partial charge in [0.1, 0.15) is 0 Å². The molecule has 0 amide bonds. The fraction of sp³-hybridized carbons (Fsp3) is 0.